The summed E-state index contributed by atoms with van der Waals surface area (Å²) >= 11 is 24.2. The molecule has 0 aliphatic rings. The molecule has 29 heavy (non-hydrogen) atoms. The van der Waals surface area contributed by atoms with Crippen LogP contribution in [-0.4, -0.2) is 23.2 Å². The molecule has 0 fully saturated rings. The van der Waals surface area contributed by atoms with Gasteiger partial charge < -0.3 is 10.2 Å². The smallest absolute Gasteiger partial charge is 0.283 e. The topological polar surface area (TPSA) is 94.8 Å². The lowest BCUT2D eigenvalue weighted by atomic mass is 9.83. The maximum absolute atomic E-state index is 12.9. The normalized spacial score (nSPS) is 13.8. The Balaban J connectivity index is 2.59. The molecule has 0 aliphatic carbocycles. The monoisotopic (exact) mass is 492 g/mol. The average Bonchev–Trinajstić information content (AvgIpc) is 2.63. The Morgan fingerprint density at radius 1 is 0.690 bits per heavy atom. The second-order valence-electron chi connectivity index (χ2n) is 6.08. The zero-order chi connectivity index (χ0) is 21.6. The summed E-state index contributed by atoms with van der Waals surface area (Å²) in [4.78, 5) is 0. The quantitative estimate of drug-likeness (QED) is 0.311. The van der Waals surface area contributed by atoms with Crippen molar-refractivity contribution in [3.63, 3.8) is 0 Å². The minimum Gasteiger partial charge on any atom is -0.508 e. The summed E-state index contributed by atoms with van der Waals surface area (Å²) < 4.78 is 33.9. The predicted molar refractivity (Wildman–Crippen MR) is 114 cm³/mol. The van der Waals surface area contributed by atoms with E-state index in [0.29, 0.717) is 5.02 Å². The molecule has 0 bridgehead atoms. The van der Waals surface area contributed by atoms with Crippen molar-refractivity contribution in [2.75, 3.05) is 0 Å². The molecule has 5 nitrogen and oxygen atoms in total. The minimum absolute atomic E-state index is 0.0191. The molecular formula is C19H12Cl4O5S. The van der Waals surface area contributed by atoms with Gasteiger partial charge >= 0.3 is 0 Å². The van der Waals surface area contributed by atoms with E-state index in [1.165, 1.54) is 42.5 Å². The molecule has 3 rings (SSSR count). The fourth-order valence-corrected chi connectivity index (χ4v) is 5.33. The Hall–Kier alpha value is -1.67. The first-order valence-electron chi connectivity index (χ1n) is 7.89. The number of benzene rings is 3. The predicted octanol–water partition coefficient (Wildman–Crippen LogP) is 5.89. The van der Waals surface area contributed by atoms with Gasteiger partial charge in [0.2, 0.25) is 0 Å². The van der Waals surface area contributed by atoms with Crippen LogP contribution in [0.15, 0.2) is 54.6 Å². The van der Waals surface area contributed by atoms with Gasteiger partial charge in [0.25, 0.3) is 10.1 Å². The van der Waals surface area contributed by atoms with Crippen LogP contribution in [0.25, 0.3) is 0 Å². The van der Waals surface area contributed by atoms with Gasteiger partial charge in [0.1, 0.15) is 16.5 Å². The van der Waals surface area contributed by atoms with Gasteiger partial charge in [-0.1, -0.05) is 70.7 Å². The number of aromatic hydroxyl groups is 2. The number of phenols is 2. The van der Waals surface area contributed by atoms with E-state index >= 15 is 0 Å². The van der Waals surface area contributed by atoms with E-state index in [4.69, 9.17) is 46.4 Å². The zero-order valence-corrected chi connectivity index (χ0v) is 18.1. The van der Waals surface area contributed by atoms with Gasteiger partial charge in [0.15, 0.2) is 4.75 Å². The van der Waals surface area contributed by atoms with Gasteiger partial charge in [-0.2, -0.15) is 8.42 Å². The van der Waals surface area contributed by atoms with Gasteiger partial charge in [-0.05, 0) is 35.9 Å². The van der Waals surface area contributed by atoms with Crippen molar-refractivity contribution in [1.29, 1.82) is 0 Å². The Morgan fingerprint density at radius 2 is 1.24 bits per heavy atom. The van der Waals surface area contributed by atoms with Crippen LogP contribution in [0.4, 0.5) is 0 Å². The SMILES string of the molecule is O=S(=O)(O)C(c1ccc(Cl)cc1)(c1ccc(Cl)cc1O)c1ccc(O)c(Cl)c1Cl. The maximum atomic E-state index is 12.9. The van der Waals surface area contributed by atoms with E-state index in [9.17, 15) is 23.2 Å². The Bertz CT molecular complexity index is 1200. The number of halogens is 4. The van der Waals surface area contributed by atoms with Crippen molar-refractivity contribution in [3.8, 4) is 11.5 Å². The first-order valence-corrected chi connectivity index (χ1v) is 10.8. The van der Waals surface area contributed by atoms with Crippen molar-refractivity contribution in [2.45, 2.75) is 4.75 Å². The van der Waals surface area contributed by atoms with Gasteiger partial charge in [-0.3, -0.25) is 4.55 Å². The molecule has 3 N–H and O–H groups in total. The lowest BCUT2D eigenvalue weighted by Crippen LogP contribution is -2.38. The van der Waals surface area contributed by atoms with Crippen molar-refractivity contribution in [3.05, 3.63) is 91.4 Å². The van der Waals surface area contributed by atoms with E-state index in [0.717, 1.165) is 12.1 Å². The summed E-state index contributed by atoms with van der Waals surface area (Å²) in [6.07, 6.45) is 0. The Labute approximate surface area is 186 Å². The molecule has 1 atom stereocenters. The molecule has 0 aliphatic heterocycles. The number of hydrogen-bond donors (Lipinski definition) is 3. The molecular weight excluding hydrogens is 482 g/mol. The summed E-state index contributed by atoms with van der Waals surface area (Å²) in [5.74, 6) is -0.897. The summed E-state index contributed by atoms with van der Waals surface area (Å²) in [6.45, 7) is 0. The van der Waals surface area contributed by atoms with Crippen molar-refractivity contribution < 1.29 is 23.2 Å². The summed E-state index contributed by atoms with van der Waals surface area (Å²) in [7, 11) is -5.06. The largest absolute Gasteiger partial charge is 0.508 e. The summed E-state index contributed by atoms with van der Waals surface area (Å²) in [5.41, 5.74) is -0.398. The van der Waals surface area contributed by atoms with E-state index in [-0.39, 0.29) is 37.5 Å². The van der Waals surface area contributed by atoms with Crippen molar-refractivity contribution in [1.82, 2.24) is 0 Å². The van der Waals surface area contributed by atoms with Crippen LogP contribution in [0.5, 0.6) is 11.5 Å². The fraction of sp³-hybridized carbons (Fsp3) is 0.0526. The first-order chi connectivity index (χ1) is 13.5. The van der Waals surface area contributed by atoms with Crippen molar-refractivity contribution in [2.24, 2.45) is 0 Å². The second-order valence-corrected chi connectivity index (χ2v) is 9.28. The van der Waals surface area contributed by atoms with Crippen LogP contribution in [0.3, 0.4) is 0 Å². The zero-order valence-electron chi connectivity index (χ0n) is 14.3. The van der Waals surface area contributed by atoms with Crippen LogP contribution in [0, 0.1) is 0 Å². The third-order valence-electron chi connectivity index (χ3n) is 4.42. The van der Waals surface area contributed by atoms with Gasteiger partial charge in [-0.15, -0.1) is 0 Å². The Kier molecular flexibility index (Phi) is 5.98. The molecule has 0 heterocycles. The van der Waals surface area contributed by atoms with E-state index in [1.807, 2.05) is 0 Å². The molecule has 0 spiro atoms. The fourth-order valence-electron chi connectivity index (χ4n) is 3.18. The summed E-state index contributed by atoms with van der Waals surface area (Å²) in [6, 6.07) is 11.6. The molecule has 0 saturated carbocycles. The van der Waals surface area contributed by atoms with E-state index in [1.54, 1.807) is 0 Å². The Morgan fingerprint density at radius 3 is 1.79 bits per heavy atom. The average molecular weight is 494 g/mol. The molecule has 1 unspecified atom stereocenters. The van der Waals surface area contributed by atoms with Crippen LogP contribution >= 0.6 is 46.4 Å². The highest BCUT2D eigenvalue weighted by atomic mass is 35.5. The molecule has 0 aromatic heterocycles. The molecule has 152 valence electrons. The second kappa shape index (κ2) is 7.87. The highest BCUT2D eigenvalue weighted by Crippen LogP contribution is 2.51. The standard InChI is InChI=1S/C19H12Cl4O5S/c20-11-3-1-10(2-4-11)19(29(26,27)28,13-6-5-12(21)9-16(13)25)14-7-8-15(24)18(23)17(14)22/h1-9,24-25H,(H,26,27,28). The molecule has 0 radical (unpaired) electrons. The van der Waals surface area contributed by atoms with Gasteiger partial charge in [0, 0.05) is 21.2 Å². The van der Waals surface area contributed by atoms with Gasteiger partial charge in [0.05, 0.1) is 5.02 Å². The molecule has 0 amide bonds. The lowest BCUT2D eigenvalue weighted by Gasteiger charge is -2.34. The van der Waals surface area contributed by atoms with Crippen LogP contribution in [0.1, 0.15) is 16.7 Å². The number of rotatable bonds is 4. The van der Waals surface area contributed by atoms with Crippen LogP contribution < -0.4 is 0 Å². The van der Waals surface area contributed by atoms with Crippen LogP contribution in [-0.2, 0) is 14.9 Å². The third-order valence-corrected chi connectivity index (χ3v) is 7.23. The van der Waals surface area contributed by atoms with Crippen molar-refractivity contribution >= 4 is 56.5 Å². The first kappa shape index (κ1) is 22.0. The highest BCUT2D eigenvalue weighted by Gasteiger charge is 2.51. The minimum atomic E-state index is -5.06. The van der Waals surface area contributed by atoms with E-state index < -0.39 is 20.6 Å². The molecule has 3 aromatic carbocycles. The molecule has 10 heteroatoms. The van der Waals surface area contributed by atoms with E-state index in [2.05, 4.69) is 0 Å². The van der Waals surface area contributed by atoms with Crippen LogP contribution in [0.2, 0.25) is 20.1 Å². The molecule has 3 aromatic rings. The molecule has 0 saturated heterocycles. The number of phenolic OH excluding ortho intramolecular Hbond substituents is 2. The van der Waals surface area contributed by atoms with Gasteiger partial charge in [-0.25, -0.2) is 0 Å². The number of hydrogen-bond acceptors (Lipinski definition) is 4. The highest BCUT2D eigenvalue weighted by molar-refractivity contribution is 7.87. The lowest BCUT2D eigenvalue weighted by molar-refractivity contribution is 0.440. The third kappa shape index (κ3) is 3.65. The summed E-state index contributed by atoms with van der Waals surface area (Å²) in [5, 5.41) is 20.2. The maximum Gasteiger partial charge on any atom is 0.283 e.